The third-order valence-electron chi connectivity index (χ3n) is 2.56. The van der Waals surface area contributed by atoms with Gasteiger partial charge >= 0.3 is 5.97 Å². The lowest BCUT2D eigenvalue weighted by atomic mass is 9.98. The Balaban J connectivity index is 3.31. The van der Waals surface area contributed by atoms with E-state index in [1.165, 1.54) is 19.2 Å². The van der Waals surface area contributed by atoms with Crippen LogP contribution in [0.2, 0.25) is 0 Å². The molecule has 0 aliphatic carbocycles. The normalized spacial score (nSPS) is 11.9. The smallest absolute Gasteiger partial charge is 0.337 e. The van der Waals surface area contributed by atoms with Crippen LogP contribution in [-0.4, -0.2) is 36.2 Å². The lowest BCUT2D eigenvalue weighted by Gasteiger charge is -2.15. The fraction of sp³-hybridized carbons (Fsp3) is 0.333. The van der Waals surface area contributed by atoms with E-state index in [1.807, 2.05) is 0 Å². The van der Waals surface area contributed by atoms with Gasteiger partial charge in [-0.15, -0.1) is 0 Å². The van der Waals surface area contributed by atoms with Gasteiger partial charge in [-0.05, 0) is 18.6 Å². The van der Waals surface area contributed by atoms with Gasteiger partial charge in [-0.2, -0.15) is 0 Å². The predicted octanol–water partition coefficient (Wildman–Crippen LogP) is 0.374. The van der Waals surface area contributed by atoms with Crippen LogP contribution >= 0.6 is 0 Å². The standard InChI is InChI=1S/C12H15NO5/c1-18-12(17)7-4-8(6-15)11(16)9(5-7)10(13)2-3-14/h4-6,10,14,16H,2-3,13H2,1H3/t10-/m1/s1. The highest BCUT2D eigenvalue weighted by atomic mass is 16.5. The van der Waals surface area contributed by atoms with E-state index < -0.39 is 12.0 Å². The molecule has 0 aromatic heterocycles. The van der Waals surface area contributed by atoms with Crippen LogP contribution in [0.1, 0.15) is 38.7 Å². The number of phenolic OH excluding ortho intramolecular Hbond substituents is 1. The number of hydrogen-bond donors (Lipinski definition) is 3. The van der Waals surface area contributed by atoms with Gasteiger partial charge in [-0.1, -0.05) is 0 Å². The van der Waals surface area contributed by atoms with Gasteiger partial charge < -0.3 is 20.7 Å². The molecule has 0 saturated carbocycles. The molecule has 0 fully saturated rings. The fourth-order valence-electron chi connectivity index (χ4n) is 1.58. The van der Waals surface area contributed by atoms with Crippen molar-refractivity contribution in [3.05, 3.63) is 28.8 Å². The molecule has 1 aromatic rings. The van der Waals surface area contributed by atoms with Crippen molar-refractivity contribution in [2.45, 2.75) is 12.5 Å². The molecule has 0 bridgehead atoms. The second kappa shape index (κ2) is 6.13. The molecule has 6 heteroatoms. The van der Waals surface area contributed by atoms with Gasteiger partial charge in [0.2, 0.25) is 0 Å². The molecule has 0 radical (unpaired) electrons. The summed E-state index contributed by atoms with van der Waals surface area (Å²) < 4.78 is 4.54. The van der Waals surface area contributed by atoms with Crippen LogP contribution in [0.5, 0.6) is 5.75 Å². The number of aliphatic hydroxyl groups is 1. The molecule has 0 saturated heterocycles. The number of nitrogens with two attached hydrogens (primary N) is 1. The van der Waals surface area contributed by atoms with E-state index in [0.717, 1.165) is 0 Å². The molecule has 4 N–H and O–H groups in total. The minimum Gasteiger partial charge on any atom is -0.507 e. The molecule has 98 valence electrons. The van der Waals surface area contributed by atoms with Crippen molar-refractivity contribution in [3.8, 4) is 5.75 Å². The zero-order valence-corrected chi connectivity index (χ0v) is 9.92. The summed E-state index contributed by atoms with van der Waals surface area (Å²) in [7, 11) is 1.21. The van der Waals surface area contributed by atoms with E-state index in [-0.39, 0.29) is 35.5 Å². The molecule has 0 heterocycles. The number of methoxy groups -OCH3 is 1. The lowest BCUT2D eigenvalue weighted by molar-refractivity contribution is 0.0600. The van der Waals surface area contributed by atoms with E-state index >= 15 is 0 Å². The molecule has 1 aromatic carbocycles. The average Bonchev–Trinajstić information content (AvgIpc) is 2.38. The Kier molecular flexibility index (Phi) is 4.82. The van der Waals surface area contributed by atoms with Crippen molar-refractivity contribution < 1.29 is 24.5 Å². The highest BCUT2D eigenvalue weighted by molar-refractivity contribution is 5.93. The van der Waals surface area contributed by atoms with Gasteiger partial charge in [0.05, 0.1) is 18.2 Å². The van der Waals surface area contributed by atoms with Crippen molar-refractivity contribution in [1.82, 2.24) is 0 Å². The number of carbonyl (C=O) groups excluding carboxylic acids is 2. The number of aromatic hydroxyl groups is 1. The van der Waals surface area contributed by atoms with E-state index in [0.29, 0.717) is 6.29 Å². The molecule has 0 unspecified atom stereocenters. The summed E-state index contributed by atoms with van der Waals surface area (Å²) in [5.41, 5.74) is 6.07. The average molecular weight is 253 g/mol. The highest BCUT2D eigenvalue weighted by Crippen LogP contribution is 2.29. The predicted molar refractivity (Wildman–Crippen MR) is 63.5 cm³/mol. The van der Waals surface area contributed by atoms with Crippen LogP contribution in [0.3, 0.4) is 0 Å². The van der Waals surface area contributed by atoms with E-state index in [2.05, 4.69) is 4.74 Å². The zero-order valence-electron chi connectivity index (χ0n) is 9.92. The Bertz CT molecular complexity index is 458. The largest absolute Gasteiger partial charge is 0.507 e. The maximum atomic E-state index is 11.4. The summed E-state index contributed by atoms with van der Waals surface area (Å²) in [5, 5.41) is 18.6. The summed E-state index contributed by atoms with van der Waals surface area (Å²) in [6.45, 7) is -0.167. The van der Waals surface area contributed by atoms with Gasteiger partial charge in [-0.25, -0.2) is 4.79 Å². The Hall–Kier alpha value is -1.92. The molecule has 0 amide bonds. The summed E-state index contributed by atoms with van der Waals surface area (Å²) in [5.74, 6) is -0.908. The first-order chi connectivity index (χ1) is 8.54. The second-order valence-corrected chi connectivity index (χ2v) is 3.73. The number of hydrogen-bond acceptors (Lipinski definition) is 6. The molecule has 1 atom stereocenters. The summed E-state index contributed by atoms with van der Waals surface area (Å²) in [4.78, 5) is 22.2. The van der Waals surface area contributed by atoms with Gasteiger partial charge in [-0.3, -0.25) is 4.79 Å². The monoisotopic (exact) mass is 253 g/mol. The van der Waals surface area contributed by atoms with E-state index in [1.54, 1.807) is 0 Å². The first-order valence-corrected chi connectivity index (χ1v) is 5.32. The number of ether oxygens (including phenoxy) is 1. The zero-order chi connectivity index (χ0) is 13.7. The maximum Gasteiger partial charge on any atom is 0.337 e. The fourth-order valence-corrected chi connectivity index (χ4v) is 1.58. The molecule has 1 rings (SSSR count). The first-order valence-electron chi connectivity index (χ1n) is 5.32. The Morgan fingerprint density at radius 3 is 2.72 bits per heavy atom. The van der Waals surface area contributed by atoms with Crippen LogP contribution in [0, 0.1) is 0 Å². The molecular formula is C12H15NO5. The van der Waals surface area contributed by atoms with Crippen LogP contribution < -0.4 is 5.73 Å². The van der Waals surface area contributed by atoms with Crippen LogP contribution in [0.15, 0.2) is 12.1 Å². The summed E-state index contributed by atoms with van der Waals surface area (Å²) in [6, 6.07) is 1.91. The molecule has 0 aliphatic rings. The maximum absolute atomic E-state index is 11.4. The van der Waals surface area contributed by atoms with Crippen molar-refractivity contribution in [2.75, 3.05) is 13.7 Å². The number of phenols is 1. The Morgan fingerprint density at radius 2 is 2.22 bits per heavy atom. The van der Waals surface area contributed by atoms with Gasteiger partial charge in [0.25, 0.3) is 0 Å². The summed E-state index contributed by atoms with van der Waals surface area (Å²) >= 11 is 0. The number of rotatable bonds is 5. The van der Waals surface area contributed by atoms with Crippen molar-refractivity contribution >= 4 is 12.3 Å². The van der Waals surface area contributed by atoms with Crippen molar-refractivity contribution in [3.63, 3.8) is 0 Å². The van der Waals surface area contributed by atoms with Gasteiger partial charge in [0.1, 0.15) is 5.75 Å². The summed E-state index contributed by atoms with van der Waals surface area (Å²) in [6.07, 6.45) is 0.632. The number of carbonyl (C=O) groups is 2. The van der Waals surface area contributed by atoms with Crippen molar-refractivity contribution in [2.24, 2.45) is 5.73 Å². The Morgan fingerprint density at radius 1 is 1.56 bits per heavy atom. The van der Waals surface area contributed by atoms with Crippen LogP contribution in [-0.2, 0) is 4.74 Å². The molecule has 6 nitrogen and oxygen atoms in total. The number of benzene rings is 1. The minimum atomic E-state index is -0.668. The van der Waals surface area contributed by atoms with E-state index in [9.17, 15) is 14.7 Å². The third-order valence-corrected chi connectivity index (χ3v) is 2.56. The minimum absolute atomic E-state index is 0.0405. The first kappa shape index (κ1) is 14.1. The second-order valence-electron chi connectivity index (χ2n) is 3.73. The molecule has 0 aliphatic heterocycles. The van der Waals surface area contributed by atoms with Gasteiger partial charge in [0.15, 0.2) is 6.29 Å². The molecule has 0 spiro atoms. The quantitative estimate of drug-likeness (QED) is 0.516. The number of esters is 1. The molecule has 18 heavy (non-hydrogen) atoms. The SMILES string of the molecule is COC(=O)c1cc(C=O)c(O)c([C@H](N)CCO)c1. The highest BCUT2D eigenvalue weighted by Gasteiger charge is 2.18. The van der Waals surface area contributed by atoms with Gasteiger partial charge in [0, 0.05) is 18.2 Å². The number of aldehydes is 1. The van der Waals surface area contributed by atoms with Crippen molar-refractivity contribution in [1.29, 1.82) is 0 Å². The molecular weight excluding hydrogens is 238 g/mol. The topological polar surface area (TPSA) is 110 Å². The Labute approximate surface area is 104 Å². The van der Waals surface area contributed by atoms with Crippen LogP contribution in [0.4, 0.5) is 0 Å². The van der Waals surface area contributed by atoms with E-state index in [4.69, 9.17) is 10.8 Å². The van der Waals surface area contributed by atoms with Crippen LogP contribution in [0.25, 0.3) is 0 Å². The lowest BCUT2D eigenvalue weighted by Crippen LogP contribution is -2.14. The number of aliphatic hydroxyl groups excluding tert-OH is 1. The third kappa shape index (κ3) is 2.85.